The van der Waals surface area contributed by atoms with Crippen LogP contribution in [0, 0.1) is 5.82 Å². The Kier molecular flexibility index (Phi) is 6.09. The summed E-state index contributed by atoms with van der Waals surface area (Å²) in [6.07, 6.45) is -0.0916. The largest absolute Gasteiger partial charge is 0.481 e. The minimum absolute atomic E-state index is 0.0916. The van der Waals surface area contributed by atoms with Crippen LogP contribution in [0.25, 0.3) is 0 Å². The molecule has 1 unspecified atom stereocenters. The molecule has 3 N–H and O–H groups in total. The Hall–Kier alpha value is -3.84. The van der Waals surface area contributed by atoms with Crippen LogP contribution in [-0.2, 0) is 22.6 Å². The van der Waals surface area contributed by atoms with Crippen molar-refractivity contribution >= 4 is 29.0 Å². The van der Waals surface area contributed by atoms with Gasteiger partial charge in [-0.2, -0.15) is 0 Å². The molecule has 0 spiro atoms. The van der Waals surface area contributed by atoms with E-state index in [1.807, 2.05) is 31.3 Å². The van der Waals surface area contributed by atoms with Gasteiger partial charge in [-0.05, 0) is 53.6 Å². The van der Waals surface area contributed by atoms with Gasteiger partial charge in [-0.1, -0.05) is 42.5 Å². The molecule has 7 heteroatoms. The number of hydrogen-bond donors (Lipinski definition) is 3. The average Bonchev–Trinajstić information content (AvgIpc) is 3.08. The number of carboxylic acid groups (broad SMARTS) is 1. The van der Waals surface area contributed by atoms with Crippen LogP contribution in [0.1, 0.15) is 28.2 Å². The summed E-state index contributed by atoms with van der Waals surface area (Å²) in [5, 5.41) is 14.9. The number of hydrogen-bond acceptors (Lipinski definition) is 4. The molecule has 0 aliphatic carbocycles. The molecule has 0 radical (unpaired) electrons. The number of fused-ring (bicyclic) bond motifs is 1. The van der Waals surface area contributed by atoms with E-state index in [4.69, 9.17) is 10.1 Å². The van der Waals surface area contributed by atoms with E-state index in [1.165, 1.54) is 12.1 Å². The summed E-state index contributed by atoms with van der Waals surface area (Å²) in [6.45, 7) is 0.728. The molecule has 1 atom stereocenters. The molecule has 6 nitrogen and oxygen atoms in total. The Morgan fingerprint density at radius 2 is 1.75 bits per heavy atom. The number of carbonyl (C=O) groups is 2. The number of nitrogens with one attached hydrogen (secondary N) is 2. The number of carboxylic acids is 1. The number of aliphatic imine (C=N–C) groups is 1. The number of carbonyl (C=O) groups excluding carboxylic acids is 1. The molecule has 3 aromatic rings. The summed E-state index contributed by atoms with van der Waals surface area (Å²) >= 11 is 0. The highest BCUT2D eigenvalue weighted by atomic mass is 19.1. The number of aliphatic carboxylic acids is 1. The van der Waals surface area contributed by atoms with Gasteiger partial charge in [0.1, 0.15) is 11.7 Å². The van der Waals surface area contributed by atoms with Crippen molar-refractivity contribution in [1.82, 2.24) is 5.32 Å². The van der Waals surface area contributed by atoms with Crippen molar-refractivity contribution in [3.8, 4) is 0 Å². The molecule has 0 fully saturated rings. The van der Waals surface area contributed by atoms with Crippen molar-refractivity contribution in [2.24, 2.45) is 4.99 Å². The summed E-state index contributed by atoms with van der Waals surface area (Å²) in [5.74, 6) is -2.35. The highest BCUT2D eigenvalue weighted by molar-refractivity contribution is 6.24. The van der Waals surface area contributed by atoms with E-state index in [2.05, 4.69) is 10.6 Å². The fourth-order valence-electron chi connectivity index (χ4n) is 3.80. The first-order valence-corrected chi connectivity index (χ1v) is 10.2. The highest BCUT2D eigenvalue weighted by Crippen LogP contribution is 2.36. The van der Waals surface area contributed by atoms with Crippen LogP contribution in [0.3, 0.4) is 0 Å². The van der Waals surface area contributed by atoms with Gasteiger partial charge in [0, 0.05) is 12.2 Å². The van der Waals surface area contributed by atoms with Gasteiger partial charge in [0.2, 0.25) is 5.91 Å². The first-order chi connectivity index (χ1) is 15.4. The van der Waals surface area contributed by atoms with Crippen molar-refractivity contribution in [3.05, 3.63) is 94.8 Å². The zero-order valence-electron chi connectivity index (χ0n) is 17.4. The van der Waals surface area contributed by atoms with Gasteiger partial charge >= 0.3 is 5.97 Å². The minimum Gasteiger partial charge on any atom is -0.481 e. The van der Waals surface area contributed by atoms with Crippen LogP contribution < -0.4 is 10.6 Å². The third-order valence-corrected chi connectivity index (χ3v) is 5.29. The Morgan fingerprint density at radius 3 is 2.41 bits per heavy atom. The molecule has 1 heterocycles. The van der Waals surface area contributed by atoms with E-state index in [0.29, 0.717) is 33.8 Å². The average molecular weight is 431 g/mol. The van der Waals surface area contributed by atoms with Gasteiger partial charge < -0.3 is 15.7 Å². The van der Waals surface area contributed by atoms with Gasteiger partial charge in [-0.15, -0.1) is 0 Å². The molecule has 0 saturated heterocycles. The second-order valence-electron chi connectivity index (χ2n) is 7.62. The van der Waals surface area contributed by atoms with Crippen LogP contribution in [0.2, 0.25) is 0 Å². The molecule has 1 amide bonds. The van der Waals surface area contributed by atoms with Gasteiger partial charge in [0.15, 0.2) is 0 Å². The first-order valence-electron chi connectivity index (χ1n) is 10.2. The normalized spacial score (nSPS) is 15.4. The smallest absolute Gasteiger partial charge is 0.307 e. The van der Waals surface area contributed by atoms with Crippen molar-refractivity contribution in [2.45, 2.75) is 18.9 Å². The lowest BCUT2D eigenvalue weighted by molar-refractivity contribution is -0.136. The molecule has 4 rings (SSSR count). The van der Waals surface area contributed by atoms with Crippen molar-refractivity contribution in [2.75, 3.05) is 12.4 Å². The minimum atomic E-state index is -0.917. The molecule has 0 bridgehead atoms. The van der Waals surface area contributed by atoms with Crippen LogP contribution in [0.15, 0.2) is 71.7 Å². The zero-order valence-corrected chi connectivity index (χ0v) is 17.4. The monoisotopic (exact) mass is 431 g/mol. The molecular weight excluding hydrogens is 409 g/mol. The number of nitrogens with zero attached hydrogens (tertiary/aromatic N) is 1. The molecule has 0 aromatic heterocycles. The first kappa shape index (κ1) is 21.4. The maximum atomic E-state index is 13.7. The summed E-state index contributed by atoms with van der Waals surface area (Å²) in [5.41, 5.74) is 4.71. The molecule has 162 valence electrons. The summed E-state index contributed by atoms with van der Waals surface area (Å²) < 4.78 is 13.7. The SMILES string of the molecule is CNCc1ccc(N=C(c2ccc(CC(=O)O)cc2)C2C(=O)Nc3cc(F)ccc32)cc1. The lowest BCUT2D eigenvalue weighted by Crippen LogP contribution is -2.22. The molecular formula is C25H22FN3O3. The van der Waals surface area contributed by atoms with Gasteiger partial charge in [0.25, 0.3) is 0 Å². The Balaban J connectivity index is 1.78. The second kappa shape index (κ2) is 9.11. The van der Waals surface area contributed by atoms with E-state index in [1.54, 1.807) is 30.3 Å². The summed E-state index contributed by atoms with van der Waals surface area (Å²) in [4.78, 5) is 28.7. The molecule has 1 aliphatic heterocycles. The molecule has 1 aliphatic rings. The molecule has 32 heavy (non-hydrogen) atoms. The van der Waals surface area contributed by atoms with Gasteiger partial charge in [-0.25, -0.2) is 4.39 Å². The van der Waals surface area contributed by atoms with Crippen molar-refractivity contribution < 1.29 is 19.1 Å². The van der Waals surface area contributed by atoms with Crippen LogP contribution in [0.5, 0.6) is 0 Å². The Labute approximate surface area is 184 Å². The van der Waals surface area contributed by atoms with Crippen LogP contribution in [0.4, 0.5) is 15.8 Å². The van der Waals surface area contributed by atoms with E-state index >= 15 is 0 Å². The lowest BCUT2D eigenvalue weighted by atomic mass is 9.90. The molecule has 0 saturated carbocycles. The number of halogens is 1. The standard InChI is InChI=1S/C25H22FN3O3/c1-27-14-16-4-9-19(10-5-16)28-24(17-6-2-15(3-7-17)12-22(30)31)23-20-11-8-18(26)13-21(20)29-25(23)32/h2-11,13,23,27H,12,14H2,1H3,(H,29,32)(H,30,31). The second-order valence-corrected chi connectivity index (χ2v) is 7.62. The number of amides is 1. The van der Waals surface area contributed by atoms with E-state index in [9.17, 15) is 14.0 Å². The topological polar surface area (TPSA) is 90.8 Å². The maximum absolute atomic E-state index is 13.7. The quantitative estimate of drug-likeness (QED) is 0.493. The van der Waals surface area contributed by atoms with Crippen LogP contribution in [-0.4, -0.2) is 29.7 Å². The van der Waals surface area contributed by atoms with Crippen molar-refractivity contribution in [3.63, 3.8) is 0 Å². The lowest BCUT2D eigenvalue weighted by Gasteiger charge is -2.14. The maximum Gasteiger partial charge on any atom is 0.307 e. The fraction of sp³-hybridized carbons (Fsp3) is 0.160. The third kappa shape index (κ3) is 4.58. The Bertz CT molecular complexity index is 1190. The summed E-state index contributed by atoms with van der Waals surface area (Å²) in [6, 6.07) is 18.9. The van der Waals surface area contributed by atoms with Crippen LogP contribution >= 0.6 is 0 Å². The fourth-order valence-corrected chi connectivity index (χ4v) is 3.80. The predicted octanol–water partition coefficient (Wildman–Crippen LogP) is 4.03. The van der Waals surface area contributed by atoms with Gasteiger partial charge in [-0.3, -0.25) is 14.6 Å². The van der Waals surface area contributed by atoms with E-state index < -0.39 is 17.7 Å². The van der Waals surface area contributed by atoms with Crippen molar-refractivity contribution in [1.29, 1.82) is 0 Å². The predicted molar refractivity (Wildman–Crippen MR) is 121 cm³/mol. The third-order valence-electron chi connectivity index (χ3n) is 5.29. The number of rotatable bonds is 7. The number of benzene rings is 3. The van der Waals surface area contributed by atoms with E-state index in [-0.39, 0.29) is 12.3 Å². The molecule has 3 aromatic carbocycles. The zero-order chi connectivity index (χ0) is 22.7. The number of anilines is 1. The highest BCUT2D eigenvalue weighted by Gasteiger charge is 2.35. The van der Waals surface area contributed by atoms with Gasteiger partial charge in [0.05, 0.1) is 17.8 Å². The summed E-state index contributed by atoms with van der Waals surface area (Å²) in [7, 11) is 1.87. The van der Waals surface area contributed by atoms with E-state index in [0.717, 1.165) is 12.1 Å². The Morgan fingerprint density at radius 1 is 1.06 bits per heavy atom.